The van der Waals surface area contributed by atoms with Crippen molar-refractivity contribution in [3.05, 3.63) is 23.9 Å². The van der Waals surface area contributed by atoms with E-state index in [-0.39, 0.29) is 23.2 Å². The van der Waals surface area contributed by atoms with Crippen LogP contribution in [-0.4, -0.2) is 64.3 Å². The monoisotopic (exact) mass is 446 g/mol. The van der Waals surface area contributed by atoms with E-state index >= 15 is 4.39 Å². The molecule has 3 aliphatic rings. The maximum atomic E-state index is 15.2. The lowest BCUT2D eigenvalue weighted by molar-refractivity contribution is -0.188. The maximum Gasteiger partial charge on any atom is 0.357 e. The van der Waals surface area contributed by atoms with Crippen LogP contribution in [0.25, 0.3) is 0 Å². The van der Waals surface area contributed by atoms with Crippen molar-refractivity contribution in [2.24, 2.45) is 4.99 Å². The number of alkyl halides is 1. The normalized spacial score (nSPS) is 29.7. The Morgan fingerprint density at radius 1 is 1.52 bits per heavy atom. The number of halogens is 2. The predicted octanol–water partition coefficient (Wildman–Crippen LogP) is 2.28. The summed E-state index contributed by atoms with van der Waals surface area (Å²) < 4.78 is 31.0. The molecule has 0 aromatic rings. The molecule has 3 heterocycles. The first-order valence-electron chi connectivity index (χ1n) is 8.98. The van der Waals surface area contributed by atoms with Gasteiger partial charge in [-0.05, 0) is 18.9 Å². The van der Waals surface area contributed by atoms with Gasteiger partial charge in [0.05, 0.1) is 6.61 Å². The van der Waals surface area contributed by atoms with Crippen molar-refractivity contribution >= 4 is 46.4 Å². The Bertz CT molecular complexity index is 797. The van der Waals surface area contributed by atoms with E-state index in [1.807, 2.05) is 0 Å². The Hall–Kier alpha value is -1.91. The van der Waals surface area contributed by atoms with E-state index < -0.39 is 35.3 Å². The van der Waals surface area contributed by atoms with Crippen LogP contribution in [0.15, 0.2) is 28.9 Å². The summed E-state index contributed by atoms with van der Waals surface area (Å²) in [5.41, 5.74) is 0.198. The van der Waals surface area contributed by atoms with E-state index in [4.69, 9.17) is 25.8 Å². The van der Waals surface area contributed by atoms with Gasteiger partial charge in [0.15, 0.2) is 0 Å². The number of rotatable bonds is 6. The molecule has 29 heavy (non-hydrogen) atoms. The van der Waals surface area contributed by atoms with Gasteiger partial charge in [-0.2, -0.15) is 0 Å². The fraction of sp³-hybridized carbons (Fsp3) is 0.556. The van der Waals surface area contributed by atoms with Gasteiger partial charge in [-0.15, -0.1) is 11.8 Å². The van der Waals surface area contributed by atoms with Crippen LogP contribution in [0.5, 0.6) is 0 Å². The van der Waals surface area contributed by atoms with Crippen LogP contribution in [0, 0.1) is 0 Å². The number of ether oxygens (including phenoxy) is 3. The quantitative estimate of drug-likeness (QED) is 0.267. The van der Waals surface area contributed by atoms with Crippen molar-refractivity contribution in [3.63, 3.8) is 0 Å². The average molecular weight is 447 g/mol. The minimum atomic E-state index is -2.62. The number of hydrogen-bond acceptors (Lipinski definition) is 8. The molecule has 1 unspecified atom stereocenters. The van der Waals surface area contributed by atoms with Crippen molar-refractivity contribution < 1.29 is 33.0 Å². The highest BCUT2D eigenvalue weighted by Gasteiger charge is 2.66. The van der Waals surface area contributed by atoms with Crippen LogP contribution in [0.2, 0.25) is 0 Å². The molecule has 2 fully saturated rings. The SMILES string of the molecule is C=CC(Cl)=N[C@]1(F)C(=O)N2C(C(=O)OC3CCCCO3)=C(COC(C)=O)CS[C@@H]21. The second kappa shape index (κ2) is 8.85. The average Bonchev–Trinajstić information content (AvgIpc) is 2.71. The second-order valence-corrected chi connectivity index (χ2v) is 8.04. The fourth-order valence-electron chi connectivity index (χ4n) is 3.13. The smallest absolute Gasteiger partial charge is 0.357 e. The van der Waals surface area contributed by atoms with E-state index in [1.165, 1.54) is 6.92 Å². The Balaban J connectivity index is 1.88. The first kappa shape index (κ1) is 21.8. The van der Waals surface area contributed by atoms with Gasteiger partial charge >= 0.3 is 17.7 Å². The molecule has 3 atom stereocenters. The number of allylic oxidation sites excluding steroid dienone is 1. The molecule has 0 aromatic carbocycles. The molecule has 158 valence electrons. The van der Waals surface area contributed by atoms with Gasteiger partial charge in [-0.3, -0.25) is 14.5 Å². The first-order valence-corrected chi connectivity index (χ1v) is 10.4. The number of carbonyl (C=O) groups excluding carboxylic acids is 3. The van der Waals surface area contributed by atoms with Crippen LogP contribution in [0.4, 0.5) is 4.39 Å². The van der Waals surface area contributed by atoms with Crippen LogP contribution >= 0.6 is 23.4 Å². The summed E-state index contributed by atoms with van der Waals surface area (Å²) in [6.07, 6.45) is 2.59. The number of carbonyl (C=O) groups is 3. The summed E-state index contributed by atoms with van der Waals surface area (Å²) >= 11 is 6.78. The van der Waals surface area contributed by atoms with Crippen molar-refractivity contribution in [1.29, 1.82) is 0 Å². The van der Waals surface area contributed by atoms with E-state index in [2.05, 4.69) is 11.6 Å². The number of hydrogen-bond donors (Lipinski definition) is 0. The van der Waals surface area contributed by atoms with Crippen molar-refractivity contribution in [2.45, 2.75) is 43.6 Å². The molecule has 0 N–H and O–H groups in total. The zero-order valence-electron chi connectivity index (χ0n) is 15.7. The topological polar surface area (TPSA) is 94.5 Å². The van der Waals surface area contributed by atoms with Gasteiger partial charge in [0.1, 0.15) is 22.8 Å². The Labute approximate surface area is 176 Å². The largest absolute Gasteiger partial charge is 0.461 e. The van der Waals surface area contributed by atoms with Gasteiger partial charge in [-0.25, -0.2) is 14.2 Å². The third-order valence-corrected chi connectivity index (χ3v) is 6.12. The highest BCUT2D eigenvalue weighted by atomic mass is 35.5. The van der Waals surface area contributed by atoms with Gasteiger partial charge in [0.25, 0.3) is 5.91 Å². The van der Waals surface area contributed by atoms with Crippen LogP contribution < -0.4 is 0 Å². The standard InChI is InChI=1S/C18H20ClFN2O6S/c1-3-12(19)21-18(20)16(25)22-14(15(24)28-13-6-4-5-7-26-13)11(8-27-10(2)23)9-29-17(18)22/h3,13,17H,1,4-9H2,2H3/t13?,17-,18-/m1/s1. The first-order chi connectivity index (χ1) is 13.8. The second-order valence-electron chi connectivity index (χ2n) is 6.58. The third kappa shape index (κ3) is 4.34. The van der Waals surface area contributed by atoms with Crippen molar-refractivity contribution in [2.75, 3.05) is 19.0 Å². The lowest BCUT2D eigenvalue weighted by Gasteiger charge is -2.51. The van der Waals surface area contributed by atoms with Crippen molar-refractivity contribution in [1.82, 2.24) is 4.90 Å². The highest BCUT2D eigenvalue weighted by Crippen LogP contribution is 2.49. The lowest BCUT2D eigenvalue weighted by atomic mass is 10.0. The van der Waals surface area contributed by atoms with E-state index in [0.29, 0.717) is 18.6 Å². The summed E-state index contributed by atoms with van der Waals surface area (Å²) in [5, 5.41) is -1.35. The number of esters is 2. The number of aliphatic imine (C=N–C) groups is 1. The Morgan fingerprint density at radius 2 is 2.28 bits per heavy atom. The van der Waals surface area contributed by atoms with Gasteiger partial charge in [0, 0.05) is 24.7 Å². The molecule has 0 aromatic heterocycles. The minimum Gasteiger partial charge on any atom is -0.461 e. The highest BCUT2D eigenvalue weighted by molar-refractivity contribution is 8.00. The third-order valence-electron chi connectivity index (χ3n) is 4.53. The maximum absolute atomic E-state index is 15.2. The molecule has 2 saturated heterocycles. The number of nitrogens with zero attached hydrogens (tertiary/aromatic N) is 2. The fourth-order valence-corrected chi connectivity index (χ4v) is 4.56. The summed E-state index contributed by atoms with van der Waals surface area (Å²) in [5.74, 6) is -4.91. The van der Waals surface area contributed by atoms with Gasteiger partial charge in [-0.1, -0.05) is 18.2 Å². The number of thioether (sulfide) groups is 1. The van der Waals surface area contributed by atoms with Crippen molar-refractivity contribution in [3.8, 4) is 0 Å². The zero-order valence-corrected chi connectivity index (χ0v) is 17.3. The molecule has 0 radical (unpaired) electrons. The number of amides is 1. The molecule has 0 bridgehead atoms. The van der Waals surface area contributed by atoms with E-state index in [0.717, 1.165) is 35.6 Å². The summed E-state index contributed by atoms with van der Waals surface area (Å²) in [6.45, 7) is 4.85. The Kier molecular flexibility index (Phi) is 6.65. The molecule has 0 aliphatic carbocycles. The number of β-lactam (4-membered cyclic amide) rings is 1. The Morgan fingerprint density at radius 3 is 2.90 bits per heavy atom. The molecule has 0 saturated carbocycles. The zero-order chi connectivity index (χ0) is 21.2. The molecular formula is C18H20ClFN2O6S. The summed E-state index contributed by atoms with van der Waals surface area (Å²) in [7, 11) is 0. The molecule has 8 nitrogen and oxygen atoms in total. The molecule has 0 spiro atoms. The molecule has 11 heteroatoms. The van der Waals surface area contributed by atoms with E-state index in [1.54, 1.807) is 0 Å². The summed E-state index contributed by atoms with van der Waals surface area (Å²) in [6, 6.07) is 0. The van der Waals surface area contributed by atoms with Gasteiger partial charge < -0.3 is 14.2 Å². The van der Waals surface area contributed by atoms with E-state index in [9.17, 15) is 14.4 Å². The molecular weight excluding hydrogens is 427 g/mol. The predicted molar refractivity (Wildman–Crippen MR) is 104 cm³/mol. The number of fused-ring (bicyclic) bond motifs is 1. The van der Waals surface area contributed by atoms with Crippen LogP contribution in [-0.2, 0) is 28.6 Å². The molecule has 3 rings (SSSR count). The van der Waals surface area contributed by atoms with Crippen LogP contribution in [0.3, 0.4) is 0 Å². The van der Waals surface area contributed by atoms with Crippen LogP contribution in [0.1, 0.15) is 26.2 Å². The minimum absolute atomic E-state index is 0.143. The van der Waals surface area contributed by atoms with Gasteiger partial charge in [0.2, 0.25) is 6.29 Å². The molecule has 1 amide bonds. The lowest BCUT2D eigenvalue weighted by Crippen LogP contribution is -2.71. The molecule has 3 aliphatic heterocycles. The summed E-state index contributed by atoms with van der Waals surface area (Å²) in [4.78, 5) is 41.2.